The number of aryl methyl sites for hydroxylation is 2. The van der Waals surface area contributed by atoms with Gasteiger partial charge >= 0.3 is 0 Å². The minimum atomic E-state index is 0.882. The molecule has 0 heterocycles. The van der Waals surface area contributed by atoms with Crippen molar-refractivity contribution in [1.82, 2.24) is 0 Å². The summed E-state index contributed by atoms with van der Waals surface area (Å²) in [6.45, 7) is 6.55. The number of terminal acetylenes is 1. The van der Waals surface area contributed by atoms with E-state index in [0.717, 1.165) is 19.3 Å². The largest absolute Gasteiger partial charge is 0.120 e. The maximum atomic E-state index is 5.25. The van der Waals surface area contributed by atoms with Crippen LogP contribution >= 0.6 is 0 Å². The van der Waals surface area contributed by atoms with E-state index in [2.05, 4.69) is 38.8 Å². The highest BCUT2D eigenvalue weighted by Gasteiger charge is 2.03. The zero-order valence-electron chi connectivity index (χ0n) is 9.35. The second-order valence-corrected chi connectivity index (χ2v) is 3.86. The second-order valence-electron chi connectivity index (χ2n) is 3.86. The molecule has 0 aromatic heterocycles. The third kappa shape index (κ3) is 2.39. The minimum absolute atomic E-state index is 0.882. The van der Waals surface area contributed by atoms with E-state index in [9.17, 15) is 0 Å². The van der Waals surface area contributed by atoms with Gasteiger partial charge in [-0.2, -0.15) is 0 Å². The summed E-state index contributed by atoms with van der Waals surface area (Å²) < 4.78 is 0. The van der Waals surface area contributed by atoms with Gasteiger partial charge in [-0.15, -0.1) is 12.3 Å². The first-order chi connectivity index (χ1) is 6.66. The van der Waals surface area contributed by atoms with E-state index in [-0.39, 0.29) is 0 Å². The van der Waals surface area contributed by atoms with Gasteiger partial charge in [-0.3, -0.25) is 0 Å². The van der Waals surface area contributed by atoms with Gasteiger partial charge in [-0.1, -0.05) is 12.1 Å². The number of hydrogen-bond donors (Lipinski definition) is 0. The summed E-state index contributed by atoms with van der Waals surface area (Å²) in [5.41, 5.74) is 5.69. The Labute approximate surface area is 87.4 Å². The van der Waals surface area contributed by atoms with Gasteiger partial charge in [-0.05, 0) is 55.9 Å². The summed E-state index contributed by atoms with van der Waals surface area (Å²) in [7, 11) is 0. The highest BCUT2D eigenvalue weighted by Crippen LogP contribution is 2.19. The fourth-order valence-electron chi connectivity index (χ4n) is 1.76. The van der Waals surface area contributed by atoms with E-state index in [1.807, 2.05) is 0 Å². The Morgan fingerprint density at radius 3 is 2.43 bits per heavy atom. The lowest BCUT2D eigenvalue weighted by atomic mass is 9.94. The first-order valence-corrected chi connectivity index (χ1v) is 5.16. The molecule has 1 rings (SSSR count). The van der Waals surface area contributed by atoms with Crippen LogP contribution in [0.5, 0.6) is 0 Å². The van der Waals surface area contributed by atoms with Crippen LogP contribution in [0, 0.1) is 33.1 Å². The van der Waals surface area contributed by atoms with Gasteiger partial charge in [0.25, 0.3) is 0 Å². The number of rotatable bonds is 3. The number of hydrogen-bond acceptors (Lipinski definition) is 0. The van der Waals surface area contributed by atoms with Crippen LogP contribution in [-0.4, -0.2) is 0 Å². The van der Waals surface area contributed by atoms with Crippen molar-refractivity contribution in [3.63, 3.8) is 0 Å². The first-order valence-electron chi connectivity index (χ1n) is 5.16. The predicted molar refractivity (Wildman–Crippen MR) is 62.4 cm³/mol. The van der Waals surface area contributed by atoms with E-state index < -0.39 is 0 Å². The van der Waals surface area contributed by atoms with Crippen LogP contribution in [0.1, 0.15) is 35.1 Å². The molecule has 0 saturated carbocycles. The third-order valence-electron chi connectivity index (χ3n) is 2.85. The molecular formula is C14H18. The molecule has 14 heavy (non-hydrogen) atoms. The van der Waals surface area contributed by atoms with Crippen molar-refractivity contribution in [2.75, 3.05) is 0 Å². The van der Waals surface area contributed by atoms with Crippen molar-refractivity contribution in [1.29, 1.82) is 0 Å². The van der Waals surface area contributed by atoms with Crippen molar-refractivity contribution in [3.05, 3.63) is 34.4 Å². The summed E-state index contributed by atoms with van der Waals surface area (Å²) >= 11 is 0. The molecule has 74 valence electrons. The molecule has 0 saturated heterocycles. The lowest BCUT2D eigenvalue weighted by Crippen LogP contribution is -1.96. The van der Waals surface area contributed by atoms with Crippen molar-refractivity contribution < 1.29 is 0 Å². The fourth-order valence-corrected chi connectivity index (χ4v) is 1.76. The maximum Gasteiger partial charge on any atom is 0.00892 e. The Kier molecular flexibility index (Phi) is 3.77. The lowest BCUT2D eigenvalue weighted by molar-refractivity contribution is 0.844. The Morgan fingerprint density at radius 1 is 1.14 bits per heavy atom. The summed E-state index contributed by atoms with van der Waals surface area (Å²) in [6.07, 6.45) is 8.34. The van der Waals surface area contributed by atoms with Crippen LogP contribution in [0.25, 0.3) is 0 Å². The normalized spacial score (nSPS) is 9.86. The van der Waals surface area contributed by atoms with Crippen LogP contribution in [-0.2, 0) is 6.42 Å². The molecule has 0 aliphatic carbocycles. The molecule has 0 heteroatoms. The molecule has 1 aromatic carbocycles. The van der Waals surface area contributed by atoms with E-state index in [1.165, 1.54) is 22.3 Å². The van der Waals surface area contributed by atoms with E-state index in [4.69, 9.17) is 6.42 Å². The molecule has 0 bridgehead atoms. The molecule has 0 spiro atoms. The molecule has 0 aliphatic rings. The predicted octanol–water partition coefficient (Wildman–Crippen LogP) is 3.57. The second kappa shape index (κ2) is 4.86. The van der Waals surface area contributed by atoms with Crippen LogP contribution in [0.2, 0.25) is 0 Å². The van der Waals surface area contributed by atoms with Crippen LogP contribution in [0.15, 0.2) is 12.1 Å². The Morgan fingerprint density at radius 2 is 1.79 bits per heavy atom. The van der Waals surface area contributed by atoms with Gasteiger partial charge in [0.2, 0.25) is 0 Å². The standard InChI is InChI=1S/C14H18/c1-5-6-7-8-14-12(3)10-9-11(2)13(14)4/h1,9-10H,6-8H2,2-4H3. The molecule has 0 N–H and O–H groups in total. The molecule has 0 amide bonds. The van der Waals surface area contributed by atoms with Crippen molar-refractivity contribution in [2.45, 2.75) is 40.0 Å². The van der Waals surface area contributed by atoms with Crippen LogP contribution in [0.4, 0.5) is 0 Å². The Hall–Kier alpha value is -1.22. The lowest BCUT2D eigenvalue weighted by Gasteiger charge is -2.11. The van der Waals surface area contributed by atoms with E-state index in [1.54, 1.807) is 0 Å². The van der Waals surface area contributed by atoms with Crippen molar-refractivity contribution in [3.8, 4) is 12.3 Å². The van der Waals surface area contributed by atoms with Gasteiger partial charge in [0.15, 0.2) is 0 Å². The van der Waals surface area contributed by atoms with E-state index in [0.29, 0.717) is 0 Å². The average Bonchev–Trinajstić information content (AvgIpc) is 2.18. The van der Waals surface area contributed by atoms with Gasteiger partial charge in [0.1, 0.15) is 0 Å². The summed E-state index contributed by atoms with van der Waals surface area (Å²) in [5.74, 6) is 2.69. The summed E-state index contributed by atoms with van der Waals surface area (Å²) in [6, 6.07) is 4.39. The quantitative estimate of drug-likeness (QED) is 0.500. The van der Waals surface area contributed by atoms with Gasteiger partial charge in [0, 0.05) is 6.42 Å². The van der Waals surface area contributed by atoms with Gasteiger partial charge in [0.05, 0.1) is 0 Å². The molecule has 0 nitrogen and oxygen atoms in total. The van der Waals surface area contributed by atoms with Crippen LogP contribution in [0.3, 0.4) is 0 Å². The molecule has 0 atom stereocenters. The number of unbranched alkanes of at least 4 members (excludes halogenated alkanes) is 1. The Bertz CT molecular complexity index is 353. The monoisotopic (exact) mass is 186 g/mol. The first kappa shape index (κ1) is 10.9. The maximum absolute atomic E-state index is 5.25. The molecule has 0 unspecified atom stereocenters. The summed E-state index contributed by atoms with van der Waals surface area (Å²) in [4.78, 5) is 0. The molecule has 0 radical (unpaired) electrons. The van der Waals surface area contributed by atoms with Crippen LogP contribution < -0.4 is 0 Å². The topological polar surface area (TPSA) is 0 Å². The van der Waals surface area contributed by atoms with E-state index >= 15 is 0 Å². The third-order valence-corrected chi connectivity index (χ3v) is 2.85. The molecule has 0 aliphatic heterocycles. The zero-order valence-corrected chi connectivity index (χ0v) is 9.35. The highest BCUT2D eigenvalue weighted by atomic mass is 14.1. The van der Waals surface area contributed by atoms with Gasteiger partial charge in [-0.25, -0.2) is 0 Å². The Balaban J connectivity index is 2.85. The van der Waals surface area contributed by atoms with Crippen molar-refractivity contribution >= 4 is 0 Å². The highest BCUT2D eigenvalue weighted by molar-refractivity contribution is 5.39. The molecule has 0 fully saturated rings. The fraction of sp³-hybridized carbons (Fsp3) is 0.429. The SMILES string of the molecule is C#CCCCc1c(C)ccc(C)c1C. The molecular weight excluding hydrogens is 168 g/mol. The van der Waals surface area contributed by atoms with Gasteiger partial charge < -0.3 is 0 Å². The smallest absolute Gasteiger partial charge is 0.00892 e. The van der Waals surface area contributed by atoms with Crippen molar-refractivity contribution in [2.24, 2.45) is 0 Å². The average molecular weight is 186 g/mol. The molecule has 1 aromatic rings. The minimum Gasteiger partial charge on any atom is -0.120 e. The zero-order chi connectivity index (χ0) is 10.6. The summed E-state index contributed by atoms with van der Waals surface area (Å²) in [5, 5.41) is 0. The number of benzene rings is 1.